The normalized spacial score (nSPS) is 15.0. The molecule has 2 nitrogen and oxygen atoms in total. The summed E-state index contributed by atoms with van der Waals surface area (Å²) >= 11 is 0. The van der Waals surface area contributed by atoms with Crippen LogP contribution in [0.3, 0.4) is 0 Å². The molecule has 0 aliphatic heterocycles. The molecule has 2 heteroatoms. The third-order valence-electron chi connectivity index (χ3n) is 2.37. The Balaban J connectivity index is 2.62. The molecule has 0 fully saturated rings. The molecule has 0 unspecified atom stereocenters. The number of aryl methyl sites for hydroxylation is 1. The molecule has 0 bridgehead atoms. The van der Waals surface area contributed by atoms with Crippen LogP contribution in [0.25, 0.3) is 0 Å². The highest BCUT2D eigenvalue weighted by atomic mass is 16.3. The number of hydrogen-bond acceptors (Lipinski definition) is 2. The number of nitrogens with zero attached hydrogens (tertiary/aromatic N) is 1. The number of aromatic nitrogens is 1. The minimum atomic E-state index is 0.339. The molecule has 0 atom stereocenters. The molecule has 0 saturated carbocycles. The Hall–Kier alpha value is -1.05. The van der Waals surface area contributed by atoms with Crippen LogP contribution in [0.2, 0.25) is 0 Å². The first kappa shape index (κ1) is 6.65. The summed E-state index contributed by atoms with van der Waals surface area (Å²) in [6.45, 7) is 1.96. The molecule has 1 aliphatic carbocycles. The monoisotopic (exact) mass is 149 g/mol. The van der Waals surface area contributed by atoms with Crippen molar-refractivity contribution in [2.45, 2.75) is 26.2 Å². The van der Waals surface area contributed by atoms with Crippen LogP contribution in [0.1, 0.15) is 23.2 Å². The zero-order valence-corrected chi connectivity index (χ0v) is 6.59. The van der Waals surface area contributed by atoms with Crippen molar-refractivity contribution in [2.75, 3.05) is 0 Å². The Kier molecular flexibility index (Phi) is 1.34. The molecule has 11 heavy (non-hydrogen) atoms. The van der Waals surface area contributed by atoms with Crippen molar-refractivity contribution in [1.82, 2.24) is 4.98 Å². The van der Waals surface area contributed by atoms with Crippen LogP contribution in [0.15, 0.2) is 6.20 Å². The van der Waals surface area contributed by atoms with Crippen LogP contribution in [0.4, 0.5) is 0 Å². The number of pyridine rings is 1. The molecule has 1 aromatic heterocycles. The van der Waals surface area contributed by atoms with E-state index in [-0.39, 0.29) is 0 Å². The molecule has 0 saturated heterocycles. The summed E-state index contributed by atoms with van der Waals surface area (Å²) in [6, 6.07) is 0. The summed E-state index contributed by atoms with van der Waals surface area (Å²) in [4.78, 5) is 4.17. The second-order valence-electron chi connectivity index (χ2n) is 3.05. The van der Waals surface area contributed by atoms with Crippen molar-refractivity contribution < 1.29 is 5.11 Å². The zero-order chi connectivity index (χ0) is 7.84. The van der Waals surface area contributed by atoms with Crippen LogP contribution in [0.5, 0.6) is 5.75 Å². The number of aromatic hydroxyl groups is 1. The van der Waals surface area contributed by atoms with Gasteiger partial charge in [-0.15, -0.1) is 0 Å². The number of rotatable bonds is 0. The first-order chi connectivity index (χ1) is 5.29. The summed E-state index contributed by atoms with van der Waals surface area (Å²) in [6.07, 6.45) is 4.91. The molecule has 0 amide bonds. The molecule has 1 aliphatic rings. The van der Waals surface area contributed by atoms with E-state index in [2.05, 4.69) is 4.98 Å². The van der Waals surface area contributed by atoms with Gasteiger partial charge in [-0.05, 0) is 37.3 Å². The molecule has 1 aromatic rings. The fourth-order valence-electron chi connectivity index (χ4n) is 1.66. The lowest BCUT2D eigenvalue weighted by Gasteiger charge is -2.03. The Labute approximate surface area is 65.9 Å². The standard InChI is InChI=1S/C9H11NO/c1-6-7-3-2-4-8(7)10-5-9(6)11/h5,11H,2-4H2,1H3. The van der Waals surface area contributed by atoms with E-state index in [0.29, 0.717) is 5.75 Å². The lowest BCUT2D eigenvalue weighted by molar-refractivity contribution is 0.467. The summed E-state index contributed by atoms with van der Waals surface area (Å²) in [7, 11) is 0. The highest BCUT2D eigenvalue weighted by Gasteiger charge is 2.15. The van der Waals surface area contributed by atoms with Crippen LogP contribution in [-0.2, 0) is 12.8 Å². The van der Waals surface area contributed by atoms with Gasteiger partial charge in [-0.1, -0.05) is 0 Å². The van der Waals surface area contributed by atoms with Gasteiger partial charge in [0, 0.05) is 5.69 Å². The molecule has 58 valence electrons. The van der Waals surface area contributed by atoms with E-state index in [1.165, 1.54) is 17.7 Å². The predicted molar refractivity (Wildman–Crippen MR) is 42.7 cm³/mol. The van der Waals surface area contributed by atoms with Crippen LogP contribution >= 0.6 is 0 Å². The second kappa shape index (κ2) is 2.22. The number of hydrogen-bond donors (Lipinski definition) is 1. The van der Waals surface area contributed by atoms with Gasteiger partial charge in [0.2, 0.25) is 0 Å². The van der Waals surface area contributed by atoms with Gasteiger partial charge in [-0.3, -0.25) is 4.98 Å². The topological polar surface area (TPSA) is 33.1 Å². The molecule has 0 radical (unpaired) electrons. The summed E-state index contributed by atoms with van der Waals surface area (Å²) in [5.41, 5.74) is 3.47. The van der Waals surface area contributed by atoms with E-state index in [1.54, 1.807) is 6.20 Å². The minimum Gasteiger partial charge on any atom is -0.506 e. The van der Waals surface area contributed by atoms with Gasteiger partial charge in [0.1, 0.15) is 5.75 Å². The summed E-state index contributed by atoms with van der Waals surface area (Å²) in [5, 5.41) is 9.32. The van der Waals surface area contributed by atoms with Crippen molar-refractivity contribution in [1.29, 1.82) is 0 Å². The largest absolute Gasteiger partial charge is 0.506 e. The highest BCUT2D eigenvalue weighted by Crippen LogP contribution is 2.27. The fraction of sp³-hybridized carbons (Fsp3) is 0.444. The van der Waals surface area contributed by atoms with Crippen molar-refractivity contribution in [2.24, 2.45) is 0 Å². The summed E-state index contributed by atoms with van der Waals surface area (Å²) in [5.74, 6) is 0.339. The van der Waals surface area contributed by atoms with Crippen LogP contribution in [-0.4, -0.2) is 10.1 Å². The molecular formula is C9H11NO. The van der Waals surface area contributed by atoms with E-state index in [9.17, 15) is 5.11 Å². The maximum Gasteiger partial charge on any atom is 0.137 e. The average molecular weight is 149 g/mol. The van der Waals surface area contributed by atoms with Gasteiger partial charge in [0.15, 0.2) is 0 Å². The Morgan fingerprint density at radius 2 is 2.27 bits per heavy atom. The first-order valence-corrected chi connectivity index (χ1v) is 3.95. The fourth-order valence-corrected chi connectivity index (χ4v) is 1.66. The van der Waals surface area contributed by atoms with E-state index in [4.69, 9.17) is 0 Å². The zero-order valence-electron chi connectivity index (χ0n) is 6.59. The van der Waals surface area contributed by atoms with Crippen molar-refractivity contribution >= 4 is 0 Å². The number of fused-ring (bicyclic) bond motifs is 1. The van der Waals surface area contributed by atoms with E-state index in [0.717, 1.165) is 18.4 Å². The summed E-state index contributed by atoms with van der Waals surface area (Å²) < 4.78 is 0. The molecule has 0 aromatic carbocycles. The van der Waals surface area contributed by atoms with Crippen molar-refractivity contribution in [3.05, 3.63) is 23.0 Å². The second-order valence-corrected chi connectivity index (χ2v) is 3.05. The third-order valence-corrected chi connectivity index (χ3v) is 2.37. The molecule has 0 spiro atoms. The Morgan fingerprint density at radius 1 is 1.45 bits per heavy atom. The van der Waals surface area contributed by atoms with Gasteiger partial charge in [-0.25, -0.2) is 0 Å². The van der Waals surface area contributed by atoms with Gasteiger partial charge >= 0.3 is 0 Å². The minimum absolute atomic E-state index is 0.339. The third kappa shape index (κ3) is 0.897. The first-order valence-electron chi connectivity index (χ1n) is 3.95. The van der Waals surface area contributed by atoms with Gasteiger partial charge < -0.3 is 5.11 Å². The quantitative estimate of drug-likeness (QED) is 0.607. The lowest BCUT2D eigenvalue weighted by Crippen LogP contribution is -1.91. The highest BCUT2D eigenvalue weighted by molar-refractivity contribution is 5.40. The van der Waals surface area contributed by atoms with E-state index in [1.807, 2.05) is 6.92 Å². The van der Waals surface area contributed by atoms with Crippen molar-refractivity contribution in [3.8, 4) is 5.75 Å². The predicted octanol–water partition coefficient (Wildman–Crippen LogP) is 1.58. The molecule has 2 rings (SSSR count). The molecule has 1 N–H and O–H groups in total. The molecular weight excluding hydrogens is 138 g/mol. The Bertz CT molecular complexity index is 294. The van der Waals surface area contributed by atoms with E-state index < -0.39 is 0 Å². The molecule has 1 heterocycles. The Morgan fingerprint density at radius 3 is 3.09 bits per heavy atom. The van der Waals surface area contributed by atoms with E-state index >= 15 is 0 Å². The maximum absolute atomic E-state index is 9.32. The van der Waals surface area contributed by atoms with Crippen molar-refractivity contribution in [3.63, 3.8) is 0 Å². The smallest absolute Gasteiger partial charge is 0.137 e. The average Bonchev–Trinajstić information content (AvgIpc) is 2.45. The van der Waals surface area contributed by atoms with Gasteiger partial charge in [-0.2, -0.15) is 0 Å². The van der Waals surface area contributed by atoms with Crippen LogP contribution in [0, 0.1) is 6.92 Å². The maximum atomic E-state index is 9.32. The van der Waals surface area contributed by atoms with Crippen LogP contribution < -0.4 is 0 Å². The van der Waals surface area contributed by atoms with Gasteiger partial charge in [0.05, 0.1) is 6.20 Å². The SMILES string of the molecule is Cc1c(O)cnc2c1CCC2. The lowest BCUT2D eigenvalue weighted by atomic mass is 10.1. The van der Waals surface area contributed by atoms with Gasteiger partial charge in [0.25, 0.3) is 0 Å².